The van der Waals surface area contributed by atoms with Crippen LogP contribution in [0.5, 0.6) is 0 Å². The zero-order valence-corrected chi connectivity index (χ0v) is 12.9. The van der Waals surface area contributed by atoms with E-state index in [4.69, 9.17) is 4.42 Å². The van der Waals surface area contributed by atoms with Gasteiger partial charge in [-0.25, -0.2) is 5.01 Å². The number of furan rings is 1. The molecule has 0 saturated heterocycles. The van der Waals surface area contributed by atoms with Gasteiger partial charge in [0.2, 0.25) is 11.8 Å². The van der Waals surface area contributed by atoms with Gasteiger partial charge in [0.15, 0.2) is 0 Å². The Morgan fingerprint density at radius 1 is 1.26 bits per heavy atom. The van der Waals surface area contributed by atoms with Gasteiger partial charge in [-0.1, -0.05) is 12.1 Å². The highest BCUT2D eigenvalue weighted by Gasteiger charge is 2.33. The normalized spacial score (nSPS) is 17.0. The molecular weight excluding hydrogens is 294 g/mol. The third-order valence-corrected chi connectivity index (χ3v) is 3.62. The predicted octanol–water partition coefficient (Wildman–Crippen LogP) is 2.94. The lowest BCUT2D eigenvalue weighted by atomic mass is 10.0. The van der Waals surface area contributed by atoms with E-state index in [0.29, 0.717) is 17.9 Å². The van der Waals surface area contributed by atoms with E-state index in [2.05, 4.69) is 10.4 Å². The molecule has 6 nitrogen and oxygen atoms in total. The largest absolute Gasteiger partial charge is 0.467 e. The monoisotopic (exact) mass is 311 g/mol. The Hall–Kier alpha value is -2.89. The SMILES string of the molecule is CC(=O)Nc1cccc(C2=NN(C(C)=O)C(c3ccco3)C2)c1. The number of hydrogen-bond donors (Lipinski definition) is 1. The molecule has 1 aromatic carbocycles. The molecule has 23 heavy (non-hydrogen) atoms. The summed E-state index contributed by atoms with van der Waals surface area (Å²) in [5.74, 6) is 0.436. The van der Waals surface area contributed by atoms with Gasteiger partial charge in [-0.3, -0.25) is 9.59 Å². The summed E-state index contributed by atoms with van der Waals surface area (Å²) in [5.41, 5.74) is 2.36. The standard InChI is InChI=1S/C17H17N3O3/c1-11(21)18-14-6-3-5-13(9-14)15-10-16(17-7-4-8-23-17)20(19-15)12(2)22/h3-9,16H,10H2,1-2H3,(H,18,21). The Kier molecular flexibility index (Phi) is 3.97. The molecule has 1 N–H and O–H groups in total. The fraction of sp³-hybridized carbons (Fsp3) is 0.235. The van der Waals surface area contributed by atoms with Crippen LogP contribution < -0.4 is 5.32 Å². The zero-order valence-electron chi connectivity index (χ0n) is 12.9. The quantitative estimate of drug-likeness (QED) is 0.947. The van der Waals surface area contributed by atoms with Gasteiger partial charge in [-0.2, -0.15) is 5.10 Å². The second-order valence-corrected chi connectivity index (χ2v) is 5.41. The summed E-state index contributed by atoms with van der Waals surface area (Å²) in [6.45, 7) is 2.94. The lowest BCUT2D eigenvalue weighted by molar-refractivity contribution is -0.130. The molecule has 0 aliphatic carbocycles. The molecule has 1 atom stereocenters. The Morgan fingerprint density at radius 2 is 2.09 bits per heavy atom. The number of carbonyl (C=O) groups excluding carboxylic acids is 2. The Bertz CT molecular complexity index is 765. The predicted molar refractivity (Wildman–Crippen MR) is 85.9 cm³/mol. The van der Waals surface area contributed by atoms with Gasteiger partial charge in [-0.05, 0) is 29.8 Å². The first-order chi connectivity index (χ1) is 11.0. The lowest BCUT2D eigenvalue weighted by Gasteiger charge is -2.17. The average Bonchev–Trinajstić information content (AvgIpc) is 3.16. The van der Waals surface area contributed by atoms with Crippen LogP contribution in [-0.2, 0) is 9.59 Å². The molecule has 1 aliphatic heterocycles. The van der Waals surface area contributed by atoms with E-state index in [0.717, 1.165) is 11.3 Å². The van der Waals surface area contributed by atoms with Gasteiger partial charge >= 0.3 is 0 Å². The second kappa shape index (κ2) is 6.08. The number of benzene rings is 1. The molecule has 6 heteroatoms. The summed E-state index contributed by atoms with van der Waals surface area (Å²) in [7, 11) is 0. The highest BCUT2D eigenvalue weighted by molar-refractivity contribution is 6.04. The summed E-state index contributed by atoms with van der Waals surface area (Å²) in [6, 6.07) is 10.8. The van der Waals surface area contributed by atoms with Crippen LogP contribution in [0, 0.1) is 0 Å². The molecule has 0 saturated carbocycles. The first kappa shape index (κ1) is 15.0. The number of anilines is 1. The lowest BCUT2D eigenvalue weighted by Crippen LogP contribution is -2.23. The highest BCUT2D eigenvalue weighted by atomic mass is 16.3. The van der Waals surface area contributed by atoms with E-state index < -0.39 is 0 Å². The zero-order chi connectivity index (χ0) is 16.4. The van der Waals surface area contributed by atoms with Crippen LogP contribution in [0.15, 0.2) is 52.2 Å². The number of nitrogens with zero attached hydrogens (tertiary/aromatic N) is 2. The Labute approximate surface area is 133 Å². The molecule has 118 valence electrons. The minimum atomic E-state index is -0.234. The number of hydrazone groups is 1. The van der Waals surface area contributed by atoms with Crippen molar-refractivity contribution in [1.29, 1.82) is 0 Å². The summed E-state index contributed by atoms with van der Waals surface area (Å²) >= 11 is 0. The fourth-order valence-electron chi connectivity index (χ4n) is 2.66. The third-order valence-electron chi connectivity index (χ3n) is 3.62. The third kappa shape index (κ3) is 3.15. The fourth-order valence-corrected chi connectivity index (χ4v) is 2.66. The van der Waals surface area contributed by atoms with Gasteiger partial charge in [0.05, 0.1) is 12.0 Å². The Balaban J connectivity index is 1.90. The van der Waals surface area contributed by atoms with Crippen LogP contribution >= 0.6 is 0 Å². The molecule has 2 heterocycles. The topological polar surface area (TPSA) is 74.9 Å². The smallest absolute Gasteiger partial charge is 0.240 e. The van der Waals surface area contributed by atoms with Crippen LogP contribution in [0.1, 0.15) is 37.6 Å². The number of hydrogen-bond acceptors (Lipinski definition) is 4. The van der Waals surface area contributed by atoms with Crippen LogP contribution in [0.25, 0.3) is 0 Å². The number of nitrogens with one attached hydrogen (secondary N) is 1. The van der Waals surface area contributed by atoms with Crippen molar-refractivity contribution >= 4 is 23.2 Å². The van der Waals surface area contributed by atoms with Crippen molar-refractivity contribution in [3.63, 3.8) is 0 Å². The van der Waals surface area contributed by atoms with Crippen molar-refractivity contribution in [1.82, 2.24) is 5.01 Å². The molecule has 0 radical (unpaired) electrons. The molecule has 0 fully saturated rings. The molecule has 1 aromatic heterocycles. The first-order valence-corrected chi connectivity index (χ1v) is 7.33. The van der Waals surface area contributed by atoms with Gasteiger partial charge in [0, 0.05) is 26.0 Å². The molecule has 3 rings (SSSR count). The maximum Gasteiger partial charge on any atom is 0.240 e. The van der Waals surface area contributed by atoms with Crippen molar-refractivity contribution in [3.8, 4) is 0 Å². The number of amides is 2. The van der Waals surface area contributed by atoms with Gasteiger partial charge in [-0.15, -0.1) is 0 Å². The van der Waals surface area contributed by atoms with Gasteiger partial charge < -0.3 is 9.73 Å². The number of carbonyl (C=O) groups is 2. The van der Waals surface area contributed by atoms with E-state index in [-0.39, 0.29) is 17.9 Å². The second-order valence-electron chi connectivity index (χ2n) is 5.41. The van der Waals surface area contributed by atoms with Gasteiger partial charge in [0.25, 0.3) is 0 Å². The molecule has 2 amide bonds. The van der Waals surface area contributed by atoms with E-state index in [1.165, 1.54) is 18.9 Å². The Morgan fingerprint density at radius 3 is 2.74 bits per heavy atom. The van der Waals surface area contributed by atoms with E-state index in [1.807, 2.05) is 30.3 Å². The summed E-state index contributed by atoms with van der Waals surface area (Å²) in [6.07, 6.45) is 2.15. The summed E-state index contributed by atoms with van der Waals surface area (Å²) < 4.78 is 5.43. The maximum atomic E-state index is 11.9. The van der Waals surface area contributed by atoms with Crippen LogP contribution in [0.4, 0.5) is 5.69 Å². The van der Waals surface area contributed by atoms with Crippen molar-refractivity contribution in [2.75, 3.05) is 5.32 Å². The van der Waals surface area contributed by atoms with Gasteiger partial charge in [0.1, 0.15) is 11.8 Å². The average molecular weight is 311 g/mol. The molecule has 1 unspecified atom stereocenters. The van der Waals surface area contributed by atoms with E-state index in [9.17, 15) is 9.59 Å². The van der Waals surface area contributed by atoms with Crippen LogP contribution in [-0.4, -0.2) is 22.5 Å². The van der Waals surface area contributed by atoms with Crippen molar-refractivity contribution in [3.05, 3.63) is 54.0 Å². The number of rotatable bonds is 3. The summed E-state index contributed by atoms with van der Waals surface area (Å²) in [5, 5.41) is 8.64. The van der Waals surface area contributed by atoms with E-state index in [1.54, 1.807) is 12.3 Å². The van der Waals surface area contributed by atoms with Crippen LogP contribution in [0.2, 0.25) is 0 Å². The van der Waals surface area contributed by atoms with Crippen LogP contribution in [0.3, 0.4) is 0 Å². The molecule has 0 spiro atoms. The maximum absolute atomic E-state index is 11.9. The molecule has 2 aromatic rings. The summed E-state index contributed by atoms with van der Waals surface area (Å²) in [4.78, 5) is 23.0. The van der Waals surface area contributed by atoms with Crippen molar-refractivity contribution < 1.29 is 14.0 Å². The van der Waals surface area contributed by atoms with Crippen molar-refractivity contribution in [2.45, 2.75) is 26.3 Å². The molecule has 1 aliphatic rings. The minimum Gasteiger partial charge on any atom is -0.467 e. The highest BCUT2D eigenvalue weighted by Crippen LogP contribution is 2.33. The first-order valence-electron chi connectivity index (χ1n) is 7.33. The molecule has 0 bridgehead atoms. The van der Waals surface area contributed by atoms with E-state index >= 15 is 0 Å². The minimum absolute atomic E-state index is 0.130. The molecular formula is C17H17N3O3. The van der Waals surface area contributed by atoms with Crippen molar-refractivity contribution in [2.24, 2.45) is 5.10 Å².